The first-order valence-corrected chi connectivity index (χ1v) is 9.15. The molecule has 0 bridgehead atoms. The third-order valence-corrected chi connectivity index (χ3v) is 4.70. The molecule has 0 radical (unpaired) electrons. The maximum atomic E-state index is 13.6. The lowest BCUT2D eigenvalue weighted by Crippen LogP contribution is -2.36. The van der Waals surface area contributed by atoms with Crippen LogP contribution in [-0.4, -0.2) is 25.5 Å². The summed E-state index contributed by atoms with van der Waals surface area (Å²) in [5.74, 6) is 0.640. The third-order valence-electron chi connectivity index (χ3n) is 4.70. The molecule has 2 aromatic rings. The number of aryl methyl sites for hydroxylation is 1. The molecule has 0 spiro atoms. The van der Waals surface area contributed by atoms with Crippen LogP contribution < -0.4 is 15.5 Å². The van der Waals surface area contributed by atoms with E-state index in [-0.39, 0.29) is 35.7 Å². The Morgan fingerprint density at radius 1 is 1.11 bits per heavy atom. The van der Waals surface area contributed by atoms with Crippen LogP contribution >= 0.6 is 24.0 Å². The lowest BCUT2D eigenvalue weighted by molar-refractivity contribution is -0.117. The summed E-state index contributed by atoms with van der Waals surface area (Å²) in [6.45, 7) is 3.65. The first-order valence-electron chi connectivity index (χ1n) is 9.15. The van der Waals surface area contributed by atoms with Gasteiger partial charge >= 0.3 is 0 Å². The molecule has 0 saturated carbocycles. The highest BCUT2D eigenvalue weighted by Crippen LogP contribution is 2.21. The number of aliphatic imine (C=N–C) groups is 1. The molecule has 0 unspecified atom stereocenters. The minimum atomic E-state index is -0.200. The number of nitrogens with one attached hydrogen (secondary N) is 2. The number of carbonyl (C=O) groups excluding carboxylic acids is 1. The Balaban J connectivity index is 0.00000280. The Kier molecular flexibility index (Phi) is 8.22. The van der Waals surface area contributed by atoms with Gasteiger partial charge in [-0.15, -0.1) is 24.0 Å². The summed E-state index contributed by atoms with van der Waals surface area (Å²) in [5.41, 5.74) is 3.54. The predicted molar refractivity (Wildman–Crippen MR) is 122 cm³/mol. The van der Waals surface area contributed by atoms with Gasteiger partial charge in [0.05, 0.1) is 0 Å². The molecule has 1 aliphatic heterocycles. The van der Waals surface area contributed by atoms with Crippen molar-refractivity contribution in [3.8, 4) is 0 Å². The zero-order chi connectivity index (χ0) is 19.2. The summed E-state index contributed by atoms with van der Waals surface area (Å²) >= 11 is 0. The van der Waals surface area contributed by atoms with Crippen LogP contribution in [0.3, 0.4) is 0 Å². The van der Waals surface area contributed by atoms with Gasteiger partial charge in [0.1, 0.15) is 5.82 Å². The highest BCUT2D eigenvalue weighted by atomic mass is 127. The molecule has 7 heteroatoms. The third kappa shape index (κ3) is 5.67. The lowest BCUT2D eigenvalue weighted by atomic mass is 10.1. The van der Waals surface area contributed by atoms with E-state index in [9.17, 15) is 9.18 Å². The number of anilines is 1. The van der Waals surface area contributed by atoms with Gasteiger partial charge in [0.25, 0.3) is 0 Å². The van der Waals surface area contributed by atoms with Crippen LogP contribution in [0.4, 0.5) is 10.1 Å². The Morgan fingerprint density at radius 2 is 1.75 bits per heavy atom. The van der Waals surface area contributed by atoms with E-state index in [1.807, 2.05) is 35.2 Å². The van der Waals surface area contributed by atoms with Gasteiger partial charge in [-0.05, 0) is 48.2 Å². The van der Waals surface area contributed by atoms with Crippen molar-refractivity contribution in [1.29, 1.82) is 0 Å². The SMILES string of the molecule is CN=C(NCc1ccc(N2CCCC2=O)cc1)NCc1ccc(C)c(F)c1.I. The largest absolute Gasteiger partial charge is 0.352 e. The van der Waals surface area contributed by atoms with Gasteiger partial charge in [0.2, 0.25) is 5.91 Å². The second-order valence-corrected chi connectivity index (χ2v) is 6.68. The van der Waals surface area contributed by atoms with Crippen LogP contribution in [0.15, 0.2) is 47.5 Å². The highest BCUT2D eigenvalue weighted by molar-refractivity contribution is 14.0. The summed E-state index contributed by atoms with van der Waals surface area (Å²) in [6.07, 6.45) is 1.56. The Bertz CT molecular complexity index is 839. The van der Waals surface area contributed by atoms with Crippen molar-refractivity contribution < 1.29 is 9.18 Å². The number of guanidine groups is 1. The molecule has 2 aromatic carbocycles. The standard InChI is InChI=1S/C21H25FN4O.HI/c1-15-5-6-17(12-19(15)22)14-25-21(23-2)24-13-16-7-9-18(10-8-16)26-11-3-4-20(26)27;/h5-10,12H,3-4,11,13-14H2,1-2H3,(H2,23,24,25);1H. The molecule has 0 atom stereocenters. The predicted octanol–water partition coefficient (Wildman–Crippen LogP) is 3.74. The van der Waals surface area contributed by atoms with E-state index in [1.165, 1.54) is 6.07 Å². The number of carbonyl (C=O) groups is 1. The molecule has 150 valence electrons. The smallest absolute Gasteiger partial charge is 0.227 e. The number of halogens is 2. The van der Waals surface area contributed by atoms with Crippen molar-refractivity contribution in [2.75, 3.05) is 18.5 Å². The van der Waals surface area contributed by atoms with Gasteiger partial charge in [0.15, 0.2) is 5.96 Å². The summed E-state index contributed by atoms with van der Waals surface area (Å²) in [5, 5.41) is 6.43. The fourth-order valence-corrected chi connectivity index (χ4v) is 3.05. The maximum Gasteiger partial charge on any atom is 0.227 e. The number of rotatable bonds is 5. The summed E-state index contributed by atoms with van der Waals surface area (Å²) in [6, 6.07) is 13.2. The van der Waals surface area contributed by atoms with Gasteiger partial charge in [-0.1, -0.05) is 24.3 Å². The van der Waals surface area contributed by atoms with E-state index in [2.05, 4.69) is 15.6 Å². The number of benzene rings is 2. The van der Waals surface area contributed by atoms with Crippen LogP contribution in [0, 0.1) is 12.7 Å². The molecule has 1 saturated heterocycles. The van der Waals surface area contributed by atoms with Crippen LogP contribution in [0.25, 0.3) is 0 Å². The van der Waals surface area contributed by atoms with Crippen LogP contribution in [0.1, 0.15) is 29.5 Å². The molecular weight excluding hydrogens is 470 g/mol. The first kappa shape index (κ1) is 22.1. The normalized spacial score (nSPS) is 14.0. The van der Waals surface area contributed by atoms with Gasteiger partial charge in [-0.3, -0.25) is 9.79 Å². The maximum absolute atomic E-state index is 13.6. The van der Waals surface area contributed by atoms with E-state index in [4.69, 9.17) is 0 Å². The first-order chi connectivity index (χ1) is 13.1. The second-order valence-electron chi connectivity index (χ2n) is 6.68. The molecule has 28 heavy (non-hydrogen) atoms. The van der Waals surface area contributed by atoms with Crippen molar-refractivity contribution >= 4 is 41.5 Å². The topological polar surface area (TPSA) is 56.7 Å². The molecule has 5 nitrogen and oxygen atoms in total. The molecular formula is C21H26FIN4O. The average molecular weight is 496 g/mol. The van der Waals surface area contributed by atoms with Crippen molar-refractivity contribution in [3.05, 3.63) is 65.0 Å². The highest BCUT2D eigenvalue weighted by Gasteiger charge is 2.21. The fourth-order valence-electron chi connectivity index (χ4n) is 3.05. The zero-order valence-corrected chi connectivity index (χ0v) is 18.5. The van der Waals surface area contributed by atoms with Crippen molar-refractivity contribution in [2.45, 2.75) is 32.9 Å². The number of hydrogen-bond donors (Lipinski definition) is 2. The number of amides is 1. The molecule has 0 aliphatic carbocycles. The van der Waals surface area contributed by atoms with Crippen LogP contribution in [0.2, 0.25) is 0 Å². The number of nitrogens with zero attached hydrogens (tertiary/aromatic N) is 2. The molecule has 1 fully saturated rings. The summed E-state index contributed by atoms with van der Waals surface area (Å²) in [4.78, 5) is 17.8. The van der Waals surface area contributed by atoms with Crippen LogP contribution in [-0.2, 0) is 17.9 Å². The quantitative estimate of drug-likeness (QED) is 0.377. The minimum Gasteiger partial charge on any atom is -0.352 e. The molecule has 2 N–H and O–H groups in total. The Hall–Kier alpha value is -2.16. The monoisotopic (exact) mass is 496 g/mol. The Labute approximate surface area is 182 Å². The zero-order valence-electron chi connectivity index (χ0n) is 16.2. The summed E-state index contributed by atoms with van der Waals surface area (Å²) < 4.78 is 13.6. The van der Waals surface area contributed by atoms with E-state index in [0.717, 1.165) is 29.8 Å². The van der Waals surface area contributed by atoms with Crippen molar-refractivity contribution in [2.24, 2.45) is 4.99 Å². The van der Waals surface area contributed by atoms with Crippen molar-refractivity contribution in [3.63, 3.8) is 0 Å². The van der Waals surface area contributed by atoms with E-state index in [1.54, 1.807) is 20.0 Å². The van der Waals surface area contributed by atoms with E-state index in [0.29, 0.717) is 31.0 Å². The fraction of sp³-hybridized carbons (Fsp3) is 0.333. The van der Waals surface area contributed by atoms with Crippen molar-refractivity contribution in [1.82, 2.24) is 10.6 Å². The minimum absolute atomic E-state index is 0. The summed E-state index contributed by atoms with van der Waals surface area (Å²) in [7, 11) is 1.70. The van der Waals surface area contributed by atoms with E-state index >= 15 is 0 Å². The van der Waals surface area contributed by atoms with E-state index < -0.39 is 0 Å². The Morgan fingerprint density at radius 3 is 2.32 bits per heavy atom. The molecule has 1 amide bonds. The van der Waals surface area contributed by atoms with Crippen LogP contribution in [0.5, 0.6) is 0 Å². The molecule has 1 heterocycles. The second kappa shape index (κ2) is 10.4. The van der Waals surface area contributed by atoms with Gasteiger partial charge in [-0.25, -0.2) is 4.39 Å². The van der Waals surface area contributed by atoms with Gasteiger partial charge in [0, 0.05) is 38.8 Å². The average Bonchev–Trinajstić information content (AvgIpc) is 3.11. The number of hydrogen-bond acceptors (Lipinski definition) is 2. The van der Waals surface area contributed by atoms with Gasteiger partial charge in [-0.2, -0.15) is 0 Å². The molecule has 1 aliphatic rings. The molecule has 3 rings (SSSR count). The molecule has 0 aromatic heterocycles. The van der Waals surface area contributed by atoms with Gasteiger partial charge < -0.3 is 15.5 Å². The lowest BCUT2D eigenvalue weighted by Gasteiger charge is -2.16.